The van der Waals surface area contributed by atoms with Crippen LogP contribution in [0, 0.1) is 5.92 Å². The SMILES string of the molecule is CCCCC(Cc1cccc(-c2ccc(CC3SC(=O)NC3=O)s2)c1)C(=O)NC. The van der Waals surface area contributed by atoms with Crippen LogP contribution >= 0.6 is 23.1 Å². The smallest absolute Gasteiger partial charge is 0.286 e. The maximum atomic E-state index is 12.2. The molecular formula is C22H26N2O3S2. The third-order valence-corrected chi connectivity index (χ3v) is 7.17. The van der Waals surface area contributed by atoms with Crippen LogP contribution in [0.25, 0.3) is 10.4 Å². The fraction of sp³-hybridized carbons (Fsp3) is 0.409. The third kappa shape index (κ3) is 5.70. The summed E-state index contributed by atoms with van der Waals surface area (Å²) in [6.07, 6.45) is 4.30. The van der Waals surface area contributed by atoms with E-state index in [0.29, 0.717) is 6.42 Å². The van der Waals surface area contributed by atoms with Crippen molar-refractivity contribution < 1.29 is 14.4 Å². The molecule has 3 amide bonds. The van der Waals surface area contributed by atoms with Gasteiger partial charge in [0.1, 0.15) is 0 Å². The minimum atomic E-state index is -0.341. The van der Waals surface area contributed by atoms with Crippen LogP contribution in [0.5, 0.6) is 0 Å². The second-order valence-corrected chi connectivity index (χ2v) is 9.56. The lowest BCUT2D eigenvalue weighted by molar-refractivity contribution is -0.124. The van der Waals surface area contributed by atoms with Crippen LogP contribution in [-0.4, -0.2) is 29.4 Å². The first-order chi connectivity index (χ1) is 14.0. The number of unbranched alkanes of at least 4 members (excludes halogenated alkanes) is 1. The molecule has 1 aromatic carbocycles. The first kappa shape index (κ1) is 21.6. The summed E-state index contributed by atoms with van der Waals surface area (Å²) in [6, 6.07) is 12.4. The molecule has 0 saturated carbocycles. The number of benzene rings is 1. The Kier molecular flexibility index (Phi) is 7.50. The first-order valence-corrected chi connectivity index (χ1v) is 11.6. The Morgan fingerprint density at radius 2 is 2.07 bits per heavy atom. The van der Waals surface area contributed by atoms with Gasteiger partial charge in [0, 0.05) is 29.1 Å². The molecule has 1 aliphatic heterocycles. The average molecular weight is 431 g/mol. The third-order valence-electron chi connectivity index (χ3n) is 5.03. The fourth-order valence-electron chi connectivity index (χ4n) is 3.47. The molecule has 0 radical (unpaired) electrons. The fourth-order valence-corrected chi connectivity index (χ4v) is 5.47. The van der Waals surface area contributed by atoms with Crippen LogP contribution in [0.2, 0.25) is 0 Å². The molecule has 7 heteroatoms. The van der Waals surface area contributed by atoms with E-state index in [4.69, 9.17) is 0 Å². The van der Waals surface area contributed by atoms with E-state index in [1.54, 1.807) is 18.4 Å². The minimum absolute atomic E-state index is 0.00969. The summed E-state index contributed by atoms with van der Waals surface area (Å²) in [6.45, 7) is 2.14. The van der Waals surface area contributed by atoms with Crippen molar-refractivity contribution in [2.45, 2.75) is 44.3 Å². The molecule has 2 aromatic rings. The van der Waals surface area contributed by atoms with Gasteiger partial charge in [-0.25, -0.2) is 0 Å². The van der Waals surface area contributed by atoms with Gasteiger partial charge in [-0.05, 0) is 36.1 Å². The van der Waals surface area contributed by atoms with E-state index in [1.165, 1.54) is 0 Å². The highest BCUT2D eigenvalue weighted by Gasteiger charge is 2.31. The van der Waals surface area contributed by atoms with E-state index >= 15 is 0 Å². The number of hydrogen-bond acceptors (Lipinski definition) is 5. The highest BCUT2D eigenvalue weighted by atomic mass is 32.2. The van der Waals surface area contributed by atoms with Gasteiger partial charge in [0.25, 0.3) is 5.24 Å². The second-order valence-electron chi connectivity index (χ2n) is 7.21. The molecule has 2 atom stereocenters. The van der Waals surface area contributed by atoms with Crippen LogP contribution in [0.4, 0.5) is 4.79 Å². The van der Waals surface area contributed by atoms with Gasteiger partial charge in [0.2, 0.25) is 11.8 Å². The molecule has 1 aliphatic rings. The number of carbonyl (C=O) groups is 3. The van der Waals surface area contributed by atoms with Crippen molar-refractivity contribution in [3.8, 4) is 10.4 Å². The quantitative estimate of drug-likeness (QED) is 0.618. The normalized spacial score (nSPS) is 17.2. The summed E-state index contributed by atoms with van der Waals surface area (Å²) in [4.78, 5) is 37.6. The Hall–Kier alpha value is -2.12. The van der Waals surface area contributed by atoms with Gasteiger partial charge in [-0.15, -0.1) is 11.3 Å². The number of hydrogen-bond donors (Lipinski definition) is 2. The maximum Gasteiger partial charge on any atom is 0.286 e. The van der Waals surface area contributed by atoms with E-state index in [9.17, 15) is 14.4 Å². The minimum Gasteiger partial charge on any atom is -0.359 e. The van der Waals surface area contributed by atoms with Crippen LogP contribution in [0.3, 0.4) is 0 Å². The van der Waals surface area contributed by atoms with Crippen LogP contribution < -0.4 is 10.6 Å². The predicted molar refractivity (Wildman–Crippen MR) is 119 cm³/mol. The molecule has 1 fully saturated rings. The first-order valence-electron chi connectivity index (χ1n) is 9.91. The zero-order valence-corrected chi connectivity index (χ0v) is 18.3. The highest BCUT2D eigenvalue weighted by Crippen LogP contribution is 2.32. The molecule has 2 unspecified atom stereocenters. The van der Waals surface area contributed by atoms with Crippen molar-refractivity contribution in [1.82, 2.24) is 10.6 Å². The van der Waals surface area contributed by atoms with Crippen molar-refractivity contribution >= 4 is 40.2 Å². The van der Waals surface area contributed by atoms with Gasteiger partial charge in [-0.2, -0.15) is 0 Å². The van der Waals surface area contributed by atoms with Gasteiger partial charge in [0.15, 0.2) is 0 Å². The van der Waals surface area contributed by atoms with Gasteiger partial charge >= 0.3 is 0 Å². The molecule has 0 spiro atoms. The maximum absolute atomic E-state index is 12.2. The van der Waals surface area contributed by atoms with Crippen molar-refractivity contribution in [1.29, 1.82) is 0 Å². The van der Waals surface area contributed by atoms with Crippen molar-refractivity contribution in [3.63, 3.8) is 0 Å². The molecule has 1 aromatic heterocycles. The van der Waals surface area contributed by atoms with Gasteiger partial charge in [-0.1, -0.05) is 55.8 Å². The Morgan fingerprint density at radius 3 is 2.76 bits per heavy atom. The van der Waals surface area contributed by atoms with Crippen molar-refractivity contribution in [2.75, 3.05) is 7.05 Å². The number of thioether (sulfide) groups is 1. The van der Waals surface area contributed by atoms with Crippen molar-refractivity contribution in [2.24, 2.45) is 5.92 Å². The summed E-state index contributed by atoms with van der Waals surface area (Å²) in [5.41, 5.74) is 2.27. The van der Waals surface area contributed by atoms with Crippen LogP contribution in [0.1, 0.15) is 36.6 Å². The summed E-state index contributed by atoms with van der Waals surface area (Å²) in [7, 11) is 1.70. The zero-order valence-electron chi connectivity index (χ0n) is 16.7. The highest BCUT2D eigenvalue weighted by molar-refractivity contribution is 8.15. The average Bonchev–Trinajstić information content (AvgIpc) is 3.31. The number of rotatable bonds is 9. The lowest BCUT2D eigenvalue weighted by atomic mass is 9.92. The monoisotopic (exact) mass is 430 g/mol. The molecule has 29 heavy (non-hydrogen) atoms. The molecule has 5 nitrogen and oxygen atoms in total. The predicted octanol–water partition coefficient (Wildman–Crippen LogP) is 4.40. The van der Waals surface area contributed by atoms with E-state index in [0.717, 1.165) is 58.3 Å². The summed E-state index contributed by atoms with van der Waals surface area (Å²) in [5, 5.41) is 4.52. The van der Waals surface area contributed by atoms with Crippen molar-refractivity contribution in [3.05, 3.63) is 46.8 Å². The molecule has 1 saturated heterocycles. The number of imide groups is 1. The van der Waals surface area contributed by atoms with E-state index < -0.39 is 0 Å². The molecular weight excluding hydrogens is 404 g/mol. The van der Waals surface area contributed by atoms with E-state index in [-0.39, 0.29) is 28.2 Å². The Bertz CT molecular complexity index is 894. The number of amides is 3. The lowest BCUT2D eigenvalue weighted by Crippen LogP contribution is -2.28. The number of nitrogens with one attached hydrogen (secondary N) is 2. The molecule has 154 valence electrons. The van der Waals surface area contributed by atoms with Gasteiger partial charge < -0.3 is 5.32 Å². The zero-order chi connectivity index (χ0) is 20.8. The Morgan fingerprint density at radius 1 is 1.24 bits per heavy atom. The molecule has 2 heterocycles. The van der Waals surface area contributed by atoms with E-state index in [2.05, 4.69) is 41.8 Å². The topological polar surface area (TPSA) is 75.3 Å². The Balaban J connectivity index is 1.70. The molecule has 2 N–H and O–H groups in total. The summed E-state index contributed by atoms with van der Waals surface area (Å²) >= 11 is 2.71. The van der Waals surface area contributed by atoms with Gasteiger partial charge in [0.05, 0.1) is 5.25 Å². The van der Waals surface area contributed by atoms with E-state index in [1.807, 2.05) is 12.1 Å². The van der Waals surface area contributed by atoms with Gasteiger partial charge in [-0.3, -0.25) is 19.7 Å². The number of thiophene rings is 1. The Labute approximate surface area is 179 Å². The molecule has 3 rings (SSSR count). The summed E-state index contributed by atoms with van der Waals surface area (Å²) in [5.74, 6) is -0.113. The molecule has 0 bridgehead atoms. The number of carbonyl (C=O) groups excluding carboxylic acids is 3. The summed E-state index contributed by atoms with van der Waals surface area (Å²) < 4.78 is 0. The second kappa shape index (κ2) is 10.1. The largest absolute Gasteiger partial charge is 0.359 e. The standard InChI is InChI=1S/C22H26N2O3S2/c1-3-4-7-16(20(25)23-2)12-14-6-5-8-15(11-14)18-10-9-17(28-18)13-19-21(26)24-22(27)29-19/h5-6,8-11,16,19H,3-4,7,12-13H2,1-2H3,(H,23,25)(H,24,26,27). The molecule has 0 aliphatic carbocycles. The lowest BCUT2D eigenvalue weighted by Gasteiger charge is -2.15. The van der Waals surface area contributed by atoms with Crippen LogP contribution in [-0.2, 0) is 22.4 Å². The van der Waals surface area contributed by atoms with Crippen LogP contribution in [0.15, 0.2) is 36.4 Å².